The van der Waals surface area contributed by atoms with Crippen LogP contribution in [0.15, 0.2) is 42.5 Å². The summed E-state index contributed by atoms with van der Waals surface area (Å²) >= 11 is 6.05. The molecule has 112 valence electrons. The minimum atomic E-state index is -0.815. The molecule has 1 atom stereocenters. The molecule has 0 spiro atoms. The van der Waals surface area contributed by atoms with Crippen molar-refractivity contribution in [3.63, 3.8) is 0 Å². The van der Waals surface area contributed by atoms with Crippen LogP contribution < -0.4 is 10.1 Å². The Bertz CT molecular complexity index is 569. The fourth-order valence-electron chi connectivity index (χ4n) is 1.95. The van der Waals surface area contributed by atoms with Gasteiger partial charge in [-0.15, -0.1) is 0 Å². The molecule has 0 heterocycles. The second-order valence-electron chi connectivity index (χ2n) is 4.66. The first kappa shape index (κ1) is 15.8. The van der Waals surface area contributed by atoms with Crippen LogP contribution in [0.25, 0.3) is 0 Å². The van der Waals surface area contributed by atoms with Gasteiger partial charge in [0.05, 0.1) is 11.1 Å². The van der Waals surface area contributed by atoms with E-state index in [4.69, 9.17) is 16.3 Å². The molecule has 0 aliphatic heterocycles. The number of rotatable bonds is 6. The normalized spacial score (nSPS) is 12.2. The predicted octanol–water partition coefficient (Wildman–Crippen LogP) is 3.31. The van der Waals surface area contributed by atoms with Crippen LogP contribution in [0.4, 0.5) is 4.39 Å². The Balaban J connectivity index is 2.13. The molecule has 2 rings (SSSR count). The number of likely N-dealkylation sites (N-methyl/N-ethyl adjacent to an activating group) is 1. The highest BCUT2D eigenvalue weighted by Gasteiger charge is 2.15. The van der Waals surface area contributed by atoms with Crippen LogP contribution in [0, 0.1) is 5.82 Å². The van der Waals surface area contributed by atoms with Gasteiger partial charge in [0.2, 0.25) is 0 Å². The van der Waals surface area contributed by atoms with Crippen LogP contribution in [-0.4, -0.2) is 18.7 Å². The molecule has 1 unspecified atom stereocenters. The zero-order chi connectivity index (χ0) is 15.2. The van der Waals surface area contributed by atoms with Gasteiger partial charge in [0.25, 0.3) is 0 Å². The highest BCUT2D eigenvalue weighted by molar-refractivity contribution is 6.32. The van der Waals surface area contributed by atoms with E-state index in [9.17, 15) is 9.50 Å². The number of benzene rings is 2. The van der Waals surface area contributed by atoms with Crippen LogP contribution >= 0.6 is 11.6 Å². The number of halogens is 2. The van der Waals surface area contributed by atoms with Gasteiger partial charge in [-0.25, -0.2) is 4.39 Å². The second kappa shape index (κ2) is 7.41. The maximum atomic E-state index is 14.1. The van der Waals surface area contributed by atoms with Crippen molar-refractivity contribution in [2.75, 3.05) is 13.6 Å². The fraction of sp³-hybridized carbons (Fsp3) is 0.250. The molecule has 0 aliphatic carbocycles. The van der Waals surface area contributed by atoms with Gasteiger partial charge >= 0.3 is 0 Å². The van der Waals surface area contributed by atoms with Gasteiger partial charge in [-0.05, 0) is 30.3 Å². The van der Waals surface area contributed by atoms with Crippen molar-refractivity contribution in [1.29, 1.82) is 0 Å². The summed E-state index contributed by atoms with van der Waals surface area (Å²) in [6, 6.07) is 12.2. The SMILES string of the molecule is CNCC(O)c1cc(F)c(OCc2ccccc2)c(Cl)c1. The molecular formula is C16H17ClFNO2. The quantitative estimate of drug-likeness (QED) is 0.860. The Labute approximate surface area is 128 Å². The number of hydrogen-bond acceptors (Lipinski definition) is 3. The van der Waals surface area contributed by atoms with Crippen molar-refractivity contribution in [1.82, 2.24) is 5.32 Å². The molecule has 2 N–H and O–H groups in total. The summed E-state index contributed by atoms with van der Waals surface area (Å²) in [7, 11) is 1.71. The van der Waals surface area contributed by atoms with Crippen molar-refractivity contribution < 1.29 is 14.2 Å². The zero-order valence-electron chi connectivity index (χ0n) is 11.6. The third-order valence-corrected chi connectivity index (χ3v) is 3.31. The minimum absolute atomic E-state index is 0.000859. The first-order valence-corrected chi connectivity index (χ1v) is 6.98. The molecule has 21 heavy (non-hydrogen) atoms. The van der Waals surface area contributed by atoms with Gasteiger partial charge in [0.15, 0.2) is 11.6 Å². The first-order chi connectivity index (χ1) is 10.1. The molecule has 0 bridgehead atoms. The van der Waals surface area contributed by atoms with Crippen LogP contribution in [0.2, 0.25) is 5.02 Å². The monoisotopic (exact) mass is 309 g/mol. The van der Waals surface area contributed by atoms with Gasteiger partial charge in [-0.3, -0.25) is 0 Å². The van der Waals surface area contributed by atoms with Gasteiger partial charge in [0.1, 0.15) is 6.61 Å². The molecule has 5 heteroatoms. The molecule has 2 aromatic rings. The van der Waals surface area contributed by atoms with Crippen LogP contribution in [0.5, 0.6) is 5.75 Å². The third kappa shape index (κ3) is 4.17. The second-order valence-corrected chi connectivity index (χ2v) is 5.07. The number of ether oxygens (including phenoxy) is 1. The molecule has 2 aromatic carbocycles. The highest BCUT2D eigenvalue weighted by Crippen LogP contribution is 2.32. The third-order valence-electron chi connectivity index (χ3n) is 3.03. The minimum Gasteiger partial charge on any atom is -0.484 e. The van der Waals surface area contributed by atoms with Gasteiger partial charge in [-0.2, -0.15) is 0 Å². The summed E-state index contributed by atoms with van der Waals surface area (Å²) in [5, 5.41) is 12.8. The lowest BCUT2D eigenvalue weighted by atomic mass is 10.1. The molecule has 0 radical (unpaired) electrons. The standard InChI is InChI=1S/C16H17ClFNO2/c1-19-9-15(20)12-7-13(17)16(14(18)8-12)21-10-11-5-3-2-4-6-11/h2-8,15,19-20H,9-10H2,1H3. The van der Waals surface area contributed by atoms with Gasteiger partial charge in [0, 0.05) is 6.54 Å². The van der Waals surface area contributed by atoms with E-state index < -0.39 is 11.9 Å². The van der Waals surface area contributed by atoms with E-state index >= 15 is 0 Å². The molecule has 0 saturated heterocycles. The van der Waals surface area contributed by atoms with Crippen molar-refractivity contribution >= 4 is 11.6 Å². The molecule has 0 aliphatic rings. The highest BCUT2D eigenvalue weighted by atomic mass is 35.5. The molecule has 0 aromatic heterocycles. The average molecular weight is 310 g/mol. The summed E-state index contributed by atoms with van der Waals surface area (Å²) < 4.78 is 19.5. The van der Waals surface area contributed by atoms with Crippen molar-refractivity contribution in [2.24, 2.45) is 0 Å². The zero-order valence-corrected chi connectivity index (χ0v) is 12.4. The molecule has 3 nitrogen and oxygen atoms in total. The van der Waals surface area contributed by atoms with Crippen LogP contribution in [-0.2, 0) is 6.61 Å². The number of hydrogen-bond donors (Lipinski definition) is 2. The Morgan fingerprint density at radius 1 is 1.29 bits per heavy atom. The van der Waals surface area contributed by atoms with E-state index in [0.29, 0.717) is 12.1 Å². The lowest BCUT2D eigenvalue weighted by molar-refractivity contribution is 0.177. The van der Waals surface area contributed by atoms with Crippen LogP contribution in [0.1, 0.15) is 17.2 Å². The van der Waals surface area contributed by atoms with E-state index in [1.165, 1.54) is 12.1 Å². The first-order valence-electron chi connectivity index (χ1n) is 6.60. The smallest absolute Gasteiger partial charge is 0.174 e. The summed E-state index contributed by atoms with van der Waals surface area (Å²) in [4.78, 5) is 0. The largest absolute Gasteiger partial charge is 0.484 e. The van der Waals surface area contributed by atoms with Crippen LogP contribution in [0.3, 0.4) is 0 Å². The Kier molecular flexibility index (Phi) is 5.56. The average Bonchev–Trinajstić information content (AvgIpc) is 2.47. The van der Waals surface area contributed by atoms with Crippen molar-refractivity contribution in [2.45, 2.75) is 12.7 Å². The molecule has 0 amide bonds. The van der Waals surface area contributed by atoms with Crippen molar-refractivity contribution in [3.05, 3.63) is 64.4 Å². The fourth-order valence-corrected chi connectivity index (χ4v) is 2.22. The summed E-state index contributed by atoms with van der Waals surface area (Å²) in [6.07, 6.45) is -0.815. The van der Waals surface area contributed by atoms with E-state index in [1.807, 2.05) is 30.3 Å². The molecule has 0 saturated carbocycles. The van der Waals surface area contributed by atoms with E-state index in [2.05, 4.69) is 5.32 Å². The lowest BCUT2D eigenvalue weighted by Crippen LogP contribution is -2.17. The van der Waals surface area contributed by atoms with E-state index in [1.54, 1.807) is 7.05 Å². The Morgan fingerprint density at radius 2 is 2.00 bits per heavy atom. The van der Waals surface area contributed by atoms with Crippen molar-refractivity contribution in [3.8, 4) is 5.75 Å². The number of aliphatic hydroxyl groups excluding tert-OH is 1. The van der Waals surface area contributed by atoms with E-state index in [0.717, 1.165) is 5.56 Å². The Morgan fingerprint density at radius 3 is 2.62 bits per heavy atom. The number of nitrogens with one attached hydrogen (secondary N) is 1. The number of aliphatic hydroxyl groups is 1. The molecular weight excluding hydrogens is 293 g/mol. The summed E-state index contributed by atoms with van der Waals surface area (Å²) in [5.74, 6) is -0.579. The summed E-state index contributed by atoms with van der Waals surface area (Å²) in [5.41, 5.74) is 1.34. The lowest BCUT2D eigenvalue weighted by Gasteiger charge is -2.14. The maximum Gasteiger partial charge on any atom is 0.174 e. The Hall–Kier alpha value is -1.62. The summed E-state index contributed by atoms with van der Waals surface area (Å²) in [6.45, 7) is 0.551. The van der Waals surface area contributed by atoms with Gasteiger partial charge < -0.3 is 15.2 Å². The topological polar surface area (TPSA) is 41.5 Å². The predicted molar refractivity (Wildman–Crippen MR) is 81.1 cm³/mol. The molecule has 0 fully saturated rings. The van der Waals surface area contributed by atoms with Gasteiger partial charge in [-0.1, -0.05) is 41.9 Å². The maximum absolute atomic E-state index is 14.1. The van der Waals surface area contributed by atoms with E-state index in [-0.39, 0.29) is 17.4 Å².